The van der Waals surface area contributed by atoms with Gasteiger partial charge < -0.3 is 20.7 Å². The maximum absolute atomic E-state index is 11.5. The Kier molecular flexibility index (Phi) is 5.44. The van der Waals surface area contributed by atoms with Crippen LogP contribution >= 0.6 is 0 Å². The van der Waals surface area contributed by atoms with Crippen molar-refractivity contribution in [2.45, 2.75) is 0 Å². The van der Waals surface area contributed by atoms with E-state index in [0.717, 1.165) is 6.54 Å². The first-order chi connectivity index (χ1) is 8.09. The standard InChI is InChI=1S/C10H19N5O2/c1-15(2)4-6-17-5-3-12-10(16)8-7-9(11)14-13-8/h7H,3-6H2,1-2H3,(H,12,16)(H3,11,13,14). The van der Waals surface area contributed by atoms with E-state index in [1.54, 1.807) is 0 Å². The van der Waals surface area contributed by atoms with Gasteiger partial charge >= 0.3 is 0 Å². The zero-order valence-corrected chi connectivity index (χ0v) is 10.2. The second kappa shape index (κ2) is 6.87. The number of rotatable bonds is 7. The molecule has 0 aromatic carbocycles. The van der Waals surface area contributed by atoms with Crippen LogP contribution < -0.4 is 11.1 Å². The van der Waals surface area contributed by atoms with Crippen LogP contribution in [-0.4, -0.2) is 61.4 Å². The molecule has 0 aliphatic heterocycles. The highest BCUT2D eigenvalue weighted by atomic mass is 16.5. The number of H-pyrrole nitrogens is 1. The van der Waals surface area contributed by atoms with Crippen LogP contribution in [0.5, 0.6) is 0 Å². The molecule has 1 heterocycles. The lowest BCUT2D eigenvalue weighted by Crippen LogP contribution is -2.28. The third kappa shape index (κ3) is 5.32. The van der Waals surface area contributed by atoms with E-state index >= 15 is 0 Å². The number of hydrogen-bond acceptors (Lipinski definition) is 5. The zero-order valence-electron chi connectivity index (χ0n) is 10.2. The van der Waals surface area contributed by atoms with Crippen molar-refractivity contribution < 1.29 is 9.53 Å². The number of anilines is 1. The molecular formula is C10H19N5O2. The third-order valence-electron chi connectivity index (χ3n) is 2.06. The molecule has 0 bridgehead atoms. The number of ether oxygens (including phenoxy) is 1. The lowest BCUT2D eigenvalue weighted by atomic mass is 10.4. The number of aromatic nitrogens is 2. The summed E-state index contributed by atoms with van der Waals surface area (Å²) >= 11 is 0. The van der Waals surface area contributed by atoms with Crippen LogP contribution in [0.15, 0.2) is 6.07 Å². The highest BCUT2D eigenvalue weighted by Crippen LogP contribution is 1.99. The van der Waals surface area contributed by atoms with E-state index < -0.39 is 0 Å². The molecule has 0 saturated carbocycles. The Bertz CT molecular complexity index is 350. The highest BCUT2D eigenvalue weighted by Gasteiger charge is 2.07. The molecule has 0 aliphatic rings. The van der Waals surface area contributed by atoms with Crippen LogP contribution in [0.25, 0.3) is 0 Å². The van der Waals surface area contributed by atoms with E-state index in [1.807, 2.05) is 19.0 Å². The van der Waals surface area contributed by atoms with E-state index in [4.69, 9.17) is 10.5 Å². The van der Waals surface area contributed by atoms with Crippen molar-refractivity contribution in [3.63, 3.8) is 0 Å². The van der Waals surface area contributed by atoms with Crippen LogP contribution in [-0.2, 0) is 4.74 Å². The molecule has 0 fully saturated rings. The van der Waals surface area contributed by atoms with E-state index in [1.165, 1.54) is 6.07 Å². The second-order valence-electron chi connectivity index (χ2n) is 3.88. The fourth-order valence-electron chi connectivity index (χ4n) is 1.13. The van der Waals surface area contributed by atoms with Gasteiger partial charge in [0.15, 0.2) is 0 Å². The van der Waals surface area contributed by atoms with E-state index in [0.29, 0.717) is 31.3 Å². The second-order valence-corrected chi connectivity index (χ2v) is 3.88. The van der Waals surface area contributed by atoms with Crippen LogP contribution in [0, 0.1) is 0 Å². The van der Waals surface area contributed by atoms with Gasteiger partial charge in [-0.15, -0.1) is 0 Å². The van der Waals surface area contributed by atoms with Crippen molar-refractivity contribution in [2.75, 3.05) is 46.1 Å². The average molecular weight is 241 g/mol. The predicted molar refractivity (Wildman–Crippen MR) is 64.7 cm³/mol. The van der Waals surface area contributed by atoms with Crippen LogP contribution in [0.4, 0.5) is 5.82 Å². The van der Waals surface area contributed by atoms with E-state index in [2.05, 4.69) is 15.5 Å². The molecule has 1 aromatic heterocycles. The third-order valence-corrected chi connectivity index (χ3v) is 2.06. The number of nitrogen functional groups attached to an aromatic ring is 1. The molecule has 0 unspecified atom stereocenters. The van der Waals surface area contributed by atoms with Gasteiger partial charge in [-0.25, -0.2) is 0 Å². The monoisotopic (exact) mass is 241 g/mol. The molecule has 7 heteroatoms. The number of hydrogen-bond donors (Lipinski definition) is 3. The number of nitrogens with one attached hydrogen (secondary N) is 2. The predicted octanol–water partition coefficient (Wildman–Crippen LogP) is -0.700. The van der Waals surface area contributed by atoms with Crippen molar-refractivity contribution in [1.82, 2.24) is 20.4 Å². The Hall–Kier alpha value is -1.60. The van der Waals surface area contributed by atoms with Crippen molar-refractivity contribution in [3.8, 4) is 0 Å². The Morgan fingerprint density at radius 2 is 2.35 bits per heavy atom. The quantitative estimate of drug-likeness (QED) is 0.549. The van der Waals surface area contributed by atoms with Gasteiger partial charge in [0.1, 0.15) is 11.5 Å². The number of nitrogens with two attached hydrogens (primary N) is 1. The van der Waals surface area contributed by atoms with Crippen LogP contribution in [0.2, 0.25) is 0 Å². The summed E-state index contributed by atoms with van der Waals surface area (Å²) in [5.41, 5.74) is 5.74. The molecule has 1 aromatic rings. The maximum Gasteiger partial charge on any atom is 0.269 e. The molecule has 96 valence electrons. The number of carbonyl (C=O) groups excluding carboxylic acids is 1. The Labute approximate surface area is 100 Å². The van der Waals surface area contributed by atoms with E-state index in [9.17, 15) is 4.79 Å². The van der Waals surface area contributed by atoms with Crippen molar-refractivity contribution in [3.05, 3.63) is 11.8 Å². The van der Waals surface area contributed by atoms with Gasteiger partial charge in [0.05, 0.1) is 13.2 Å². The van der Waals surface area contributed by atoms with Crippen LogP contribution in [0.1, 0.15) is 10.5 Å². The van der Waals surface area contributed by atoms with Gasteiger partial charge in [-0.2, -0.15) is 5.10 Å². The summed E-state index contributed by atoms with van der Waals surface area (Å²) in [5, 5.41) is 8.90. The van der Waals surface area contributed by atoms with Gasteiger partial charge in [0.25, 0.3) is 5.91 Å². The molecule has 7 nitrogen and oxygen atoms in total. The number of carbonyl (C=O) groups is 1. The number of amides is 1. The summed E-state index contributed by atoms with van der Waals surface area (Å²) in [5.74, 6) is 0.0720. The fraction of sp³-hybridized carbons (Fsp3) is 0.600. The normalized spacial score (nSPS) is 10.8. The molecule has 0 aliphatic carbocycles. The number of aromatic amines is 1. The molecule has 1 rings (SSSR count). The average Bonchev–Trinajstić information content (AvgIpc) is 2.69. The summed E-state index contributed by atoms with van der Waals surface area (Å²) in [7, 11) is 3.96. The van der Waals surface area contributed by atoms with Gasteiger partial charge in [-0.05, 0) is 14.1 Å². The maximum atomic E-state index is 11.5. The summed E-state index contributed by atoms with van der Waals surface area (Å²) in [4.78, 5) is 13.5. The minimum atomic E-state index is -0.231. The Morgan fingerprint density at radius 3 is 2.94 bits per heavy atom. The summed E-state index contributed by atoms with van der Waals surface area (Å²) in [6, 6.07) is 1.49. The Balaban J connectivity index is 2.09. The lowest BCUT2D eigenvalue weighted by Gasteiger charge is -2.09. The fourth-order valence-corrected chi connectivity index (χ4v) is 1.13. The molecule has 0 radical (unpaired) electrons. The lowest BCUT2D eigenvalue weighted by molar-refractivity contribution is 0.0896. The molecule has 0 spiro atoms. The van der Waals surface area contributed by atoms with Gasteiger partial charge in [-0.1, -0.05) is 0 Å². The Morgan fingerprint density at radius 1 is 1.59 bits per heavy atom. The summed E-state index contributed by atoms with van der Waals surface area (Å²) < 4.78 is 5.33. The van der Waals surface area contributed by atoms with Gasteiger partial charge in [-0.3, -0.25) is 9.89 Å². The van der Waals surface area contributed by atoms with Crippen LogP contribution in [0.3, 0.4) is 0 Å². The van der Waals surface area contributed by atoms with Crippen molar-refractivity contribution in [1.29, 1.82) is 0 Å². The smallest absolute Gasteiger partial charge is 0.269 e. The number of nitrogens with zero attached hydrogens (tertiary/aromatic N) is 2. The molecule has 17 heavy (non-hydrogen) atoms. The topological polar surface area (TPSA) is 96.3 Å². The molecule has 1 amide bonds. The summed E-state index contributed by atoms with van der Waals surface area (Å²) in [6.07, 6.45) is 0. The zero-order chi connectivity index (χ0) is 12.7. The first kappa shape index (κ1) is 13.5. The van der Waals surface area contributed by atoms with Gasteiger partial charge in [0.2, 0.25) is 0 Å². The largest absolute Gasteiger partial charge is 0.382 e. The number of likely N-dealkylation sites (N-methyl/N-ethyl adjacent to an activating group) is 1. The molecular weight excluding hydrogens is 222 g/mol. The SMILES string of the molecule is CN(C)CCOCCNC(=O)c1cc(N)n[nH]1. The highest BCUT2D eigenvalue weighted by molar-refractivity contribution is 5.92. The minimum absolute atomic E-state index is 0.231. The molecule has 0 saturated heterocycles. The minimum Gasteiger partial charge on any atom is -0.382 e. The van der Waals surface area contributed by atoms with E-state index in [-0.39, 0.29) is 5.91 Å². The van der Waals surface area contributed by atoms with Crippen molar-refractivity contribution >= 4 is 11.7 Å². The summed E-state index contributed by atoms with van der Waals surface area (Å²) in [6.45, 7) is 2.47. The molecule has 4 N–H and O–H groups in total. The molecule has 0 atom stereocenters. The van der Waals surface area contributed by atoms with Crippen molar-refractivity contribution in [2.24, 2.45) is 0 Å². The first-order valence-corrected chi connectivity index (χ1v) is 5.41. The first-order valence-electron chi connectivity index (χ1n) is 5.41. The van der Waals surface area contributed by atoms with Gasteiger partial charge in [0, 0.05) is 19.2 Å².